The number of alkyl carbamates (subject to hydrolysis) is 2. The molecule has 2 aromatic carbocycles. The van der Waals surface area contributed by atoms with Crippen LogP contribution in [0.3, 0.4) is 0 Å². The number of amides is 2. The van der Waals surface area contributed by atoms with Crippen molar-refractivity contribution >= 4 is 81.3 Å². The van der Waals surface area contributed by atoms with Crippen LogP contribution in [0.1, 0.15) is 99.3 Å². The van der Waals surface area contributed by atoms with Gasteiger partial charge in [0.1, 0.15) is 45.3 Å². The van der Waals surface area contributed by atoms with E-state index in [9.17, 15) is 42.7 Å². The second-order valence-corrected chi connectivity index (χ2v) is 20.4. The van der Waals surface area contributed by atoms with Crippen LogP contribution in [0.2, 0.25) is 10.0 Å². The molecule has 6 heterocycles. The number of piperidine rings is 2. The second-order valence-electron chi connectivity index (χ2n) is 19.6. The molecule has 20 nitrogen and oxygen atoms in total. The number of aromatic nitrogens is 6. The lowest BCUT2D eigenvalue weighted by atomic mass is 10.1. The van der Waals surface area contributed by atoms with Gasteiger partial charge in [0.15, 0.2) is 0 Å². The number of halogens is 4. The van der Waals surface area contributed by atoms with Crippen LogP contribution in [-0.4, -0.2) is 115 Å². The summed E-state index contributed by atoms with van der Waals surface area (Å²) in [6.07, 6.45) is 1.87. The number of pyridine rings is 2. The van der Waals surface area contributed by atoms with Gasteiger partial charge in [-0.15, -0.1) is 0 Å². The van der Waals surface area contributed by atoms with Crippen LogP contribution in [0.4, 0.5) is 30.3 Å². The maximum absolute atomic E-state index is 14.0. The fourth-order valence-electron chi connectivity index (χ4n) is 8.60. The molecule has 0 bridgehead atoms. The minimum absolute atomic E-state index is 0.0264. The number of carboxylic acid groups (broad SMARTS) is 1. The third-order valence-electron chi connectivity index (χ3n) is 11.6. The SMILES string of the molecule is CC(C)(C)OC(=O)N[C@@H]1CCCN(c2nc3cc(C(=O)O)[nH]c(=O)c3n2Cc2cc(F)ccc2Cl)C1.COC(=O)c1cc2nc(N3CCC[C@@H](NC(=O)OC(C)(C)C)C3)n(Cc3cc(F)ccc3Cl)c2c(=O)[nH]1. The largest absolute Gasteiger partial charge is 0.477 e. The Bertz CT molecular complexity index is 3200. The van der Waals surface area contributed by atoms with Crippen molar-refractivity contribution in [2.75, 3.05) is 43.1 Å². The molecule has 2 atom stereocenters. The minimum Gasteiger partial charge on any atom is -0.477 e. The number of hydrogen-bond donors (Lipinski definition) is 5. The Morgan fingerprint density at radius 3 is 1.51 bits per heavy atom. The number of aromatic amines is 2. The topological polar surface area (TPSA) is 248 Å². The summed E-state index contributed by atoms with van der Waals surface area (Å²) in [5.74, 6) is -2.14. The van der Waals surface area contributed by atoms with E-state index in [4.69, 9.17) is 37.4 Å². The number of benzene rings is 2. The van der Waals surface area contributed by atoms with Crippen LogP contribution >= 0.6 is 23.2 Å². The molecule has 5 N–H and O–H groups in total. The fraction of sp³-hybridized carbons (Fsp3) is 0.429. The molecule has 2 aliphatic heterocycles. The minimum atomic E-state index is -1.29. The van der Waals surface area contributed by atoms with Gasteiger partial charge in [-0.25, -0.2) is 37.9 Å². The standard InChI is InChI=1S/C25H29ClFN5O5.C24H27ClFN5O5/c1-25(2,3)37-24(35)28-16-6-5-9-31(13-16)23-30-18-11-19(22(34)36-4)29-21(33)20(18)32(23)12-14-10-15(27)7-8-17(14)26;1-24(2,3)36-23(35)27-15-5-4-8-30(12-15)22-29-17-10-18(21(33)34)28-20(32)19(17)31(22)11-13-9-14(26)6-7-16(13)25/h7-8,10-11,16H,5-6,9,12-13H2,1-4H3,(H,28,35)(H,29,33);6-7,9-10,15H,4-5,8,11-12H2,1-3H3,(H,27,35)(H,28,32)(H,33,34)/t16-;15-/m11/s1. The van der Waals surface area contributed by atoms with E-state index >= 15 is 0 Å². The average molecular weight is 1050 g/mol. The third-order valence-corrected chi connectivity index (χ3v) is 12.3. The first-order chi connectivity index (χ1) is 34.4. The predicted molar refractivity (Wildman–Crippen MR) is 269 cm³/mol. The maximum atomic E-state index is 14.0. The number of ether oxygens (including phenoxy) is 3. The summed E-state index contributed by atoms with van der Waals surface area (Å²) in [5, 5.41) is 15.8. The van der Waals surface area contributed by atoms with Crippen molar-refractivity contribution in [2.24, 2.45) is 0 Å². The molecule has 8 rings (SSSR count). The number of carbonyl (C=O) groups is 4. The lowest BCUT2D eigenvalue weighted by molar-refractivity contribution is 0.0488. The Labute approximate surface area is 426 Å². The molecular formula is C49H56Cl2F2N10O10. The number of methoxy groups -OCH3 is 1. The van der Waals surface area contributed by atoms with Crippen molar-refractivity contribution in [3.05, 3.63) is 113 Å². The molecule has 73 heavy (non-hydrogen) atoms. The number of aromatic carboxylic acids is 1. The summed E-state index contributed by atoms with van der Waals surface area (Å²) < 4.78 is 46.7. The molecular weight excluding hydrogens is 998 g/mol. The molecule has 2 fully saturated rings. The van der Waals surface area contributed by atoms with E-state index in [0.717, 1.165) is 25.7 Å². The average Bonchev–Trinajstić information content (AvgIpc) is 3.86. The molecule has 2 saturated heterocycles. The first-order valence-electron chi connectivity index (χ1n) is 23.3. The predicted octanol–water partition coefficient (Wildman–Crippen LogP) is 7.60. The molecule has 24 heteroatoms. The summed E-state index contributed by atoms with van der Waals surface area (Å²) in [4.78, 5) is 92.2. The number of H-pyrrole nitrogens is 2. The van der Waals surface area contributed by atoms with E-state index in [2.05, 4.69) is 30.6 Å². The first kappa shape index (κ1) is 53.6. The van der Waals surface area contributed by atoms with Crippen molar-refractivity contribution in [2.45, 2.75) is 104 Å². The second kappa shape index (κ2) is 21.9. The molecule has 0 spiro atoms. The summed E-state index contributed by atoms with van der Waals surface area (Å²) >= 11 is 12.6. The number of nitrogens with zero attached hydrogens (tertiary/aromatic N) is 6. The third kappa shape index (κ3) is 13.3. The number of imidazole rings is 2. The fourth-order valence-corrected chi connectivity index (χ4v) is 8.95. The zero-order valence-corrected chi connectivity index (χ0v) is 42.7. The Kier molecular flexibility index (Phi) is 16.1. The van der Waals surface area contributed by atoms with E-state index in [1.165, 1.54) is 55.6 Å². The van der Waals surface area contributed by atoms with E-state index in [-0.39, 0.29) is 58.6 Å². The van der Waals surface area contributed by atoms with Crippen LogP contribution < -0.4 is 31.6 Å². The van der Waals surface area contributed by atoms with Gasteiger partial charge in [-0.05, 0) is 127 Å². The van der Waals surface area contributed by atoms with E-state index in [1.54, 1.807) is 50.7 Å². The van der Waals surface area contributed by atoms with Gasteiger partial charge in [-0.3, -0.25) is 9.59 Å². The van der Waals surface area contributed by atoms with Gasteiger partial charge >= 0.3 is 24.1 Å². The zero-order chi connectivity index (χ0) is 53.1. The van der Waals surface area contributed by atoms with Crippen molar-refractivity contribution < 1.29 is 47.3 Å². The highest BCUT2D eigenvalue weighted by molar-refractivity contribution is 6.31. The molecule has 0 saturated carbocycles. The van der Waals surface area contributed by atoms with Crippen LogP contribution in [0.5, 0.6) is 0 Å². The first-order valence-corrected chi connectivity index (χ1v) is 24.1. The highest BCUT2D eigenvalue weighted by Crippen LogP contribution is 2.30. The molecule has 0 unspecified atom stereocenters. The number of esters is 1. The van der Waals surface area contributed by atoms with Crippen LogP contribution in [0.15, 0.2) is 58.1 Å². The summed E-state index contributed by atoms with van der Waals surface area (Å²) in [7, 11) is 1.21. The number of rotatable bonds is 10. The lowest BCUT2D eigenvalue weighted by Crippen LogP contribution is -2.49. The van der Waals surface area contributed by atoms with Gasteiger partial charge in [-0.2, -0.15) is 0 Å². The van der Waals surface area contributed by atoms with Gasteiger partial charge < -0.3 is 58.9 Å². The number of hydrogen-bond acceptors (Lipinski definition) is 13. The maximum Gasteiger partial charge on any atom is 0.407 e. The van der Waals surface area contributed by atoms with Gasteiger partial charge in [0, 0.05) is 48.3 Å². The monoisotopic (exact) mass is 1050 g/mol. The Morgan fingerprint density at radius 1 is 0.699 bits per heavy atom. The van der Waals surface area contributed by atoms with Crippen molar-refractivity contribution in [3.8, 4) is 0 Å². The van der Waals surface area contributed by atoms with Crippen LogP contribution in [0, 0.1) is 11.6 Å². The van der Waals surface area contributed by atoms with Crippen LogP contribution in [0.25, 0.3) is 22.1 Å². The number of fused-ring (bicyclic) bond motifs is 2. The zero-order valence-electron chi connectivity index (χ0n) is 41.2. The quantitative estimate of drug-likeness (QED) is 0.0655. The summed E-state index contributed by atoms with van der Waals surface area (Å²) in [6.45, 7) is 12.8. The Morgan fingerprint density at radius 2 is 1.11 bits per heavy atom. The lowest BCUT2D eigenvalue weighted by Gasteiger charge is -2.34. The van der Waals surface area contributed by atoms with Gasteiger partial charge in [-0.1, -0.05) is 23.2 Å². The molecule has 6 aromatic rings. The molecule has 2 amide bonds. The van der Waals surface area contributed by atoms with Crippen molar-refractivity contribution in [1.82, 2.24) is 39.7 Å². The summed E-state index contributed by atoms with van der Waals surface area (Å²) in [5.41, 5.74) is -1.12. The van der Waals surface area contributed by atoms with E-state index in [0.29, 0.717) is 59.2 Å². The van der Waals surface area contributed by atoms with Gasteiger partial charge in [0.05, 0.1) is 31.2 Å². The number of carbonyl (C=O) groups excluding carboxylic acids is 3. The van der Waals surface area contributed by atoms with E-state index in [1.807, 2.05) is 9.80 Å². The molecule has 0 aliphatic carbocycles. The number of anilines is 2. The number of carboxylic acids is 1. The van der Waals surface area contributed by atoms with Crippen molar-refractivity contribution in [3.63, 3.8) is 0 Å². The smallest absolute Gasteiger partial charge is 0.407 e. The number of nitrogens with one attached hydrogen (secondary N) is 4. The normalized spacial score (nSPS) is 16.2. The van der Waals surface area contributed by atoms with Crippen LogP contribution in [-0.2, 0) is 27.3 Å². The Hall–Kier alpha value is -7.20. The molecule has 390 valence electrons. The van der Waals surface area contributed by atoms with Gasteiger partial charge in [0.25, 0.3) is 11.1 Å². The molecule has 0 radical (unpaired) electrons. The summed E-state index contributed by atoms with van der Waals surface area (Å²) in [6, 6.07) is 10.2. The van der Waals surface area contributed by atoms with Crippen molar-refractivity contribution in [1.29, 1.82) is 0 Å². The Balaban J connectivity index is 0.000000214. The van der Waals surface area contributed by atoms with Gasteiger partial charge in [0.2, 0.25) is 11.9 Å². The highest BCUT2D eigenvalue weighted by Gasteiger charge is 2.31. The highest BCUT2D eigenvalue weighted by atomic mass is 35.5. The van der Waals surface area contributed by atoms with E-state index < -0.39 is 58.1 Å². The molecule has 4 aromatic heterocycles. The molecule has 2 aliphatic rings.